The van der Waals surface area contributed by atoms with Gasteiger partial charge in [0.1, 0.15) is 6.67 Å². The van der Waals surface area contributed by atoms with Crippen LogP contribution in [0.3, 0.4) is 0 Å². The summed E-state index contributed by atoms with van der Waals surface area (Å²) in [7, 11) is 0. The molecule has 1 aliphatic rings. The molecular formula is C14H21FN2O. The predicted molar refractivity (Wildman–Crippen MR) is 70.8 cm³/mol. The summed E-state index contributed by atoms with van der Waals surface area (Å²) in [6.45, 7) is 4.02. The molecule has 1 fully saturated rings. The maximum absolute atomic E-state index is 12.3. The number of aryl methyl sites for hydroxylation is 1. The highest BCUT2D eigenvalue weighted by molar-refractivity contribution is 5.10. The topological polar surface area (TPSA) is 25.2 Å². The molecule has 0 unspecified atom stereocenters. The summed E-state index contributed by atoms with van der Waals surface area (Å²) < 4.78 is 14.1. The first-order valence-electron chi connectivity index (χ1n) is 6.74. The van der Waals surface area contributed by atoms with Gasteiger partial charge in [-0.25, -0.2) is 4.39 Å². The van der Waals surface area contributed by atoms with Gasteiger partial charge in [0.15, 0.2) is 0 Å². The third-order valence-corrected chi connectivity index (χ3v) is 3.79. The van der Waals surface area contributed by atoms with Gasteiger partial charge in [-0.1, -0.05) is 13.0 Å². The van der Waals surface area contributed by atoms with Gasteiger partial charge >= 0.3 is 0 Å². The summed E-state index contributed by atoms with van der Waals surface area (Å²) in [5, 5.41) is 0. The lowest BCUT2D eigenvalue weighted by molar-refractivity contribution is 0.173. The van der Waals surface area contributed by atoms with Gasteiger partial charge < -0.3 is 9.47 Å². The van der Waals surface area contributed by atoms with Crippen LogP contribution in [0, 0.1) is 0 Å². The van der Waals surface area contributed by atoms with Crippen LogP contribution < -0.4 is 5.56 Å². The molecule has 0 aliphatic carbocycles. The minimum Gasteiger partial charge on any atom is -0.312 e. The Morgan fingerprint density at radius 3 is 2.72 bits per heavy atom. The lowest BCUT2D eigenvalue weighted by Gasteiger charge is -2.32. The van der Waals surface area contributed by atoms with E-state index in [-0.39, 0.29) is 18.3 Å². The van der Waals surface area contributed by atoms with Crippen molar-refractivity contribution in [2.75, 3.05) is 26.3 Å². The van der Waals surface area contributed by atoms with Crippen LogP contribution in [0.2, 0.25) is 0 Å². The highest BCUT2D eigenvalue weighted by Gasteiger charge is 2.21. The molecule has 0 atom stereocenters. The van der Waals surface area contributed by atoms with Gasteiger partial charge in [-0.3, -0.25) is 4.79 Å². The standard InChI is InChI=1S/C14H21FN2O/c1-2-12-4-3-8-17(14(12)18)13-5-9-16(10-6-13)11-7-15/h3-4,8,13H,2,5-7,9-11H2,1H3. The number of aromatic nitrogens is 1. The molecule has 0 bridgehead atoms. The van der Waals surface area contributed by atoms with Crippen molar-refractivity contribution < 1.29 is 4.39 Å². The first kappa shape index (κ1) is 13.3. The Morgan fingerprint density at radius 1 is 1.39 bits per heavy atom. The fraction of sp³-hybridized carbons (Fsp3) is 0.643. The van der Waals surface area contributed by atoms with Crippen LogP contribution in [0.4, 0.5) is 4.39 Å². The van der Waals surface area contributed by atoms with E-state index in [1.54, 1.807) is 0 Å². The molecule has 0 spiro atoms. The highest BCUT2D eigenvalue weighted by Crippen LogP contribution is 2.20. The molecule has 0 saturated carbocycles. The molecule has 18 heavy (non-hydrogen) atoms. The molecule has 1 aromatic rings. The summed E-state index contributed by atoms with van der Waals surface area (Å²) >= 11 is 0. The van der Waals surface area contributed by atoms with Gasteiger partial charge in [-0.15, -0.1) is 0 Å². The molecule has 3 nitrogen and oxygen atoms in total. The van der Waals surface area contributed by atoms with Crippen molar-refractivity contribution >= 4 is 0 Å². The monoisotopic (exact) mass is 252 g/mol. The average molecular weight is 252 g/mol. The molecular weight excluding hydrogens is 231 g/mol. The van der Waals surface area contributed by atoms with E-state index in [2.05, 4.69) is 4.90 Å². The first-order chi connectivity index (χ1) is 8.76. The average Bonchev–Trinajstić information content (AvgIpc) is 2.41. The fourth-order valence-electron chi connectivity index (χ4n) is 2.65. The summed E-state index contributed by atoms with van der Waals surface area (Å²) in [5.41, 5.74) is 1.02. The Balaban J connectivity index is 2.08. The maximum Gasteiger partial charge on any atom is 0.253 e. The molecule has 2 rings (SSSR count). The number of likely N-dealkylation sites (tertiary alicyclic amines) is 1. The molecule has 1 saturated heterocycles. The van der Waals surface area contributed by atoms with Gasteiger partial charge in [0, 0.05) is 37.4 Å². The van der Waals surface area contributed by atoms with Crippen molar-refractivity contribution in [1.82, 2.24) is 9.47 Å². The number of piperidine rings is 1. The minimum absolute atomic E-state index is 0.143. The number of hydrogen-bond donors (Lipinski definition) is 0. The van der Waals surface area contributed by atoms with Crippen LogP contribution in [0.25, 0.3) is 0 Å². The molecule has 0 N–H and O–H groups in total. The fourth-order valence-corrected chi connectivity index (χ4v) is 2.65. The second-order valence-electron chi connectivity index (χ2n) is 4.86. The zero-order valence-corrected chi connectivity index (χ0v) is 10.9. The van der Waals surface area contributed by atoms with Gasteiger partial charge in [-0.05, 0) is 25.3 Å². The molecule has 0 aromatic carbocycles. The van der Waals surface area contributed by atoms with Crippen LogP contribution in [0.5, 0.6) is 0 Å². The van der Waals surface area contributed by atoms with Crippen molar-refractivity contribution in [3.05, 3.63) is 34.2 Å². The number of nitrogens with zero attached hydrogens (tertiary/aromatic N) is 2. The second kappa shape index (κ2) is 6.14. The van der Waals surface area contributed by atoms with E-state index in [9.17, 15) is 9.18 Å². The molecule has 0 amide bonds. The van der Waals surface area contributed by atoms with Gasteiger partial charge in [0.25, 0.3) is 5.56 Å². The minimum atomic E-state index is -0.282. The number of alkyl halides is 1. The van der Waals surface area contributed by atoms with Crippen molar-refractivity contribution in [3.8, 4) is 0 Å². The van der Waals surface area contributed by atoms with E-state index in [1.807, 2.05) is 29.8 Å². The Kier molecular flexibility index (Phi) is 4.53. The second-order valence-corrected chi connectivity index (χ2v) is 4.86. The molecule has 2 heterocycles. The Hall–Kier alpha value is -1.16. The number of hydrogen-bond acceptors (Lipinski definition) is 2. The van der Waals surface area contributed by atoms with Gasteiger partial charge in [-0.2, -0.15) is 0 Å². The van der Waals surface area contributed by atoms with E-state index in [0.29, 0.717) is 6.54 Å². The first-order valence-corrected chi connectivity index (χ1v) is 6.74. The summed E-state index contributed by atoms with van der Waals surface area (Å²) in [6.07, 6.45) is 4.54. The highest BCUT2D eigenvalue weighted by atomic mass is 19.1. The third kappa shape index (κ3) is 2.80. The van der Waals surface area contributed by atoms with E-state index < -0.39 is 0 Å². The van der Waals surface area contributed by atoms with Crippen LogP contribution in [-0.4, -0.2) is 35.8 Å². The molecule has 4 heteroatoms. The quantitative estimate of drug-likeness (QED) is 0.819. The molecule has 0 radical (unpaired) electrons. The number of rotatable bonds is 4. The van der Waals surface area contributed by atoms with E-state index in [1.165, 1.54) is 0 Å². The van der Waals surface area contributed by atoms with Crippen LogP contribution in [-0.2, 0) is 6.42 Å². The third-order valence-electron chi connectivity index (χ3n) is 3.79. The normalized spacial score (nSPS) is 18.1. The summed E-state index contributed by atoms with van der Waals surface area (Å²) in [4.78, 5) is 14.3. The largest absolute Gasteiger partial charge is 0.312 e. The SMILES string of the molecule is CCc1cccn(C2CCN(CCF)CC2)c1=O. The number of pyridine rings is 1. The summed E-state index contributed by atoms with van der Waals surface area (Å²) in [5.74, 6) is 0. The predicted octanol–water partition coefficient (Wildman–Crippen LogP) is 2.02. The smallest absolute Gasteiger partial charge is 0.253 e. The van der Waals surface area contributed by atoms with Crippen LogP contribution >= 0.6 is 0 Å². The lowest BCUT2D eigenvalue weighted by atomic mass is 10.0. The van der Waals surface area contributed by atoms with Crippen LogP contribution in [0.1, 0.15) is 31.4 Å². The van der Waals surface area contributed by atoms with Crippen molar-refractivity contribution in [3.63, 3.8) is 0 Å². The Morgan fingerprint density at radius 2 is 2.11 bits per heavy atom. The van der Waals surface area contributed by atoms with Crippen molar-refractivity contribution in [2.45, 2.75) is 32.2 Å². The maximum atomic E-state index is 12.3. The zero-order chi connectivity index (χ0) is 13.0. The summed E-state index contributed by atoms with van der Waals surface area (Å²) in [6, 6.07) is 4.13. The molecule has 1 aliphatic heterocycles. The molecule has 1 aromatic heterocycles. The van der Waals surface area contributed by atoms with Gasteiger partial charge in [0.05, 0.1) is 0 Å². The van der Waals surface area contributed by atoms with Crippen LogP contribution in [0.15, 0.2) is 23.1 Å². The van der Waals surface area contributed by atoms with E-state index in [0.717, 1.165) is 37.9 Å². The zero-order valence-electron chi connectivity index (χ0n) is 10.9. The number of halogens is 1. The van der Waals surface area contributed by atoms with Gasteiger partial charge in [0.2, 0.25) is 0 Å². The Labute approximate surface area is 107 Å². The van der Waals surface area contributed by atoms with E-state index >= 15 is 0 Å². The van der Waals surface area contributed by atoms with Crippen molar-refractivity contribution in [1.29, 1.82) is 0 Å². The Bertz CT molecular complexity index is 436. The lowest BCUT2D eigenvalue weighted by Crippen LogP contribution is -2.38. The van der Waals surface area contributed by atoms with Crippen molar-refractivity contribution in [2.24, 2.45) is 0 Å². The van der Waals surface area contributed by atoms with E-state index in [4.69, 9.17) is 0 Å². The molecule has 100 valence electrons.